The first-order valence-electron chi connectivity index (χ1n) is 25.5. The zero-order valence-corrected chi connectivity index (χ0v) is 44.9. The Morgan fingerprint density at radius 1 is 0.453 bits per heavy atom. The molecule has 4 aromatic heterocycles. The average Bonchev–Trinajstić information content (AvgIpc) is 4.08. The summed E-state index contributed by atoms with van der Waals surface area (Å²) in [5, 5.41) is 6.82. The van der Waals surface area contributed by atoms with Gasteiger partial charge in [-0.15, -0.1) is 48.1 Å². The third-order valence-corrected chi connectivity index (χ3v) is 15.1. The van der Waals surface area contributed by atoms with Crippen LogP contribution >= 0.6 is 0 Å². The van der Waals surface area contributed by atoms with E-state index in [1.54, 1.807) is 0 Å². The maximum absolute atomic E-state index is 6.85. The first-order valence-corrected chi connectivity index (χ1v) is 25.5. The van der Waals surface area contributed by atoms with E-state index in [-0.39, 0.29) is 31.9 Å². The minimum Gasteiger partial charge on any atom is -0.509 e. The second kappa shape index (κ2) is 17.5. The standard InChI is InChI=1S/C68H52N5O.Pt/c1-67(2,3)45-37-44(38-46(39-45)68(4,5)6)51-25-15-24-50(43-19-8-7-9-20-43)63(51)71-42-70(59-31-12-13-32-60(59)71)47-21-14-22-48(40-47)74-49-34-35-53-55-28-17-33-61-65(55)73(62(53)41-49)66-57(29-18-36-69-66)56-27-16-26-54-52-23-10-11-30-58(52)72(61)64(54)56;/h7-39,42H,1-6H3;/q-3;. The van der Waals surface area contributed by atoms with Crippen molar-refractivity contribution in [2.75, 3.05) is 9.80 Å². The van der Waals surface area contributed by atoms with Crippen LogP contribution in [0.25, 0.3) is 87.8 Å². The SMILES string of the molecule is CC(C)(C)c1cc(-c2cccc(-c3ccccc3)c2N2[CH-]N(c3[c-]c(Oc4[c-]c5c(cc4)c4cccc6c4n5c4ncccc4c4cccc5c7ccccc7n6c54)ccc3)c3ccccc32)cc(C(C)(C)C)c1.[Pt]. The van der Waals surface area contributed by atoms with Gasteiger partial charge in [0.1, 0.15) is 5.65 Å². The Balaban J connectivity index is 0.00000541. The van der Waals surface area contributed by atoms with Crippen LogP contribution in [0.4, 0.5) is 22.7 Å². The van der Waals surface area contributed by atoms with Gasteiger partial charge in [-0.25, -0.2) is 4.98 Å². The summed E-state index contributed by atoms with van der Waals surface area (Å²) in [7, 11) is 0. The van der Waals surface area contributed by atoms with Gasteiger partial charge >= 0.3 is 0 Å². The molecule has 368 valence electrons. The fourth-order valence-corrected chi connectivity index (χ4v) is 11.4. The smallest absolute Gasteiger partial charge is 0.143 e. The fourth-order valence-electron chi connectivity index (χ4n) is 11.4. The third kappa shape index (κ3) is 7.44. The molecule has 9 aromatic carbocycles. The summed E-state index contributed by atoms with van der Waals surface area (Å²) in [6, 6.07) is 77.2. The van der Waals surface area contributed by atoms with Gasteiger partial charge in [-0.2, -0.15) is 12.1 Å². The van der Waals surface area contributed by atoms with Gasteiger partial charge in [-0.05, 0) is 74.9 Å². The van der Waals surface area contributed by atoms with E-state index in [4.69, 9.17) is 9.72 Å². The first-order chi connectivity index (χ1) is 36.0. The minimum atomic E-state index is -0.0425. The number of ether oxygens (including phenoxy) is 1. The van der Waals surface area contributed by atoms with Crippen LogP contribution in [-0.2, 0) is 31.9 Å². The third-order valence-electron chi connectivity index (χ3n) is 15.1. The molecule has 0 spiro atoms. The number of para-hydroxylation sites is 6. The van der Waals surface area contributed by atoms with E-state index in [9.17, 15) is 0 Å². The Morgan fingerprint density at radius 2 is 1.04 bits per heavy atom. The van der Waals surface area contributed by atoms with Crippen molar-refractivity contribution in [3.05, 3.63) is 230 Å². The van der Waals surface area contributed by atoms with Gasteiger partial charge in [0.25, 0.3) is 0 Å². The van der Waals surface area contributed by atoms with Gasteiger partial charge in [0, 0.05) is 88.5 Å². The molecular formula is C68H52N5OPt-3. The number of fused-ring (bicyclic) bond motifs is 11. The van der Waals surface area contributed by atoms with E-state index in [0.29, 0.717) is 11.5 Å². The molecule has 0 radical (unpaired) electrons. The van der Waals surface area contributed by atoms with Crippen molar-refractivity contribution in [1.82, 2.24) is 13.8 Å². The fraction of sp³-hybridized carbons (Fsp3) is 0.118. The molecule has 0 saturated heterocycles. The van der Waals surface area contributed by atoms with Crippen LogP contribution in [0.3, 0.4) is 0 Å². The van der Waals surface area contributed by atoms with E-state index in [1.165, 1.54) is 33.0 Å². The molecule has 75 heavy (non-hydrogen) atoms. The number of hydrogen-bond donors (Lipinski definition) is 0. The van der Waals surface area contributed by atoms with Crippen LogP contribution in [-0.4, -0.2) is 13.8 Å². The summed E-state index contributed by atoms with van der Waals surface area (Å²) in [5.41, 5.74) is 17.5. The van der Waals surface area contributed by atoms with Crippen LogP contribution in [0.5, 0.6) is 11.5 Å². The zero-order valence-electron chi connectivity index (χ0n) is 42.6. The van der Waals surface area contributed by atoms with Crippen molar-refractivity contribution in [2.45, 2.75) is 52.4 Å². The molecule has 0 N–H and O–H groups in total. The molecule has 1 aliphatic rings. The Kier molecular flexibility index (Phi) is 10.9. The van der Waals surface area contributed by atoms with E-state index >= 15 is 0 Å². The number of aromatic nitrogens is 3. The molecular weight excluding hydrogens is 1100 g/mol. The topological polar surface area (TPSA) is 37.4 Å². The summed E-state index contributed by atoms with van der Waals surface area (Å²) in [6.07, 6.45) is 1.89. The van der Waals surface area contributed by atoms with Crippen molar-refractivity contribution < 1.29 is 25.8 Å². The second-order valence-electron chi connectivity index (χ2n) is 21.7. The molecule has 6 nitrogen and oxygen atoms in total. The Labute approximate surface area is 451 Å². The summed E-state index contributed by atoms with van der Waals surface area (Å²) >= 11 is 0. The van der Waals surface area contributed by atoms with Gasteiger partial charge in [0.2, 0.25) is 0 Å². The van der Waals surface area contributed by atoms with Crippen molar-refractivity contribution >= 4 is 88.3 Å². The molecule has 0 fully saturated rings. The van der Waals surface area contributed by atoms with Crippen LogP contribution in [0, 0.1) is 18.8 Å². The van der Waals surface area contributed by atoms with Gasteiger partial charge in [-0.3, -0.25) is 0 Å². The summed E-state index contributed by atoms with van der Waals surface area (Å²) < 4.78 is 11.6. The van der Waals surface area contributed by atoms with E-state index < -0.39 is 0 Å². The van der Waals surface area contributed by atoms with Crippen molar-refractivity contribution in [3.63, 3.8) is 0 Å². The minimum absolute atomic E-state index is 0. The summed E-state index contributed by atoms with van der Waals surface area (Å²) in [6.45, 7) is 16.0. The molecule has 1 aliphatic heterocycles. The number of hydrogen-bond acceptors (Lipinski definition) is 4. The monoisotopic (exact) mass is 1150 g/mol. The number of rotatable bonds is 6. The number of pyridine rings is 1. The van der Waals surface area contributed by atoms with Crippen LogP contribution in [0.2, 0.25) is 0 Å². The van der Waals surface area contributed by atoms with Gasteiger partial charge in [0.05, 0.1) is 22.1 Å². The second-order valence-corrected chi connectivity index (χ2v) is 21.7. The predicted octanol–water partition coefficient (Wildman–Crippen LogP) is 18.1. The molecule has 13 aromatic rings. The Morgan fingerprint density at radius 3 is 1.80 bits per heavy atom. The Bertz CT molecular complexity index is 4390. The molecule has 0 saturated carbocycles. The van der Waals surface area contributed by atoms with E-state index in [0.717, 1.165) is 88.7 Å². The number of benzene rings is 9. The number of anilines is 4. The van der Waals surface area contributed by atoms with E-state index in [2.05, 4.69) is 249 Å². The van der Waals surface area contributed by atoms with Crippen LogP contribution in [0.15, 0.2) is 200 Å². The average molecular weight is 1150 g/mol. The van der Waals surface area contributed by atoms with E-state index in [1.807, 2.05) is 30.5 Å². The molecule has 0 aliphatic carbocycles. The molecule has 5 heterocycles. The molecule has 0 amide bonds. The summed E-state index contributed by atoms with van der Waals surface area (Å²) in [5.74, 6) is 1.17. The van der Waals surface area contributed by atoms with Crippen LogP contribution in [0.1, 0.15) is 52.7 Å². The van der Waals surface area contributed by atoms with Crippen molar-refractivity contribution in [1.29, 1.82) is 0 Å². The molecule has 7 heteroatoms. The summed E-state index contributed by atoms with van der Waals surface area (Å²) in [4.78, 5) is 9.74. The molecule has 0 unspecified atom stereocenters. The van der Waals surface area contributed by atoms with Gasteiger partial charge < -0.3 is 23.3 Å². The number of nitrogens with zero attached hydrogens (tertiary/aromatic N) is 5. The first kappa shape index (κ1) is 46.6. The Hall–Kier alpha value is -8.18. The van der Waals surface area contributed by atoms with Crippen LogP contribution < -0.4 is 14.5 Å². The quantitative estimate of drug-likeness (QED) is 0.156. The van der Waals surface area contributed by atoms with Crippen molar-refractivity contribution in [3.8, 4) is 33.8 Å². The predicted molar refractivity (Wildman–Crippen MR) is 308 cm³/mol. The maximum Gasteiger partial charge on any atom is 0.143 e. The normalized spacial score (nSPS) is 13.0. The largest absolute Gasteiger partial charge is 0.509 e. The van der Waals surface area contributed by atoms with Gasteiger partial charge in [0.15, 0.2) is 0 Å². The maximum atomic E-state index is 6.85. The molecule has 14 rings (SSSR count). The molecule has 0 bridgehead atoms. The van der Waals surface area contributed by atoms with Crippen molar-refractivity contribution in [2.24, 2.45) is 0 Å². The zero-order chi connectivity index (χ0) is 50.0. The van der Waals surface area contributed by atoms with Gasteiger partial charge in [-0.1, -0.05) is 174 Å². The molecule has 0 atom stereocenters.